The number of rotatable bonds is 2. The van der Waals surface area contributed by atoms with Gasteiger partial charge in [-0.05, 0) is 36.4 Å². The first-order valence-corrected chi connectivity index (χ1v) is 5.73. The fraction of sp³-hybridized carbons (Fsp3) is 0. The topological polar surface area (TPSA) is 38.7 Å². The molecule has 0 aliphatic rings. The van der Waals surface area contributed by atoms with E-state index in [1.807, 2.05) is 48.5 Å². The van der Waals surface area contributed by atoms with Gasteiger partial charge >= 0.3 is 0 Å². The van der Waals surface area contributed by atoms with E-state index in [0.29, 0.717) is 0 Å². The van der Waals surface area contributed by atoms with E-state index in [9.17, 15) is 0 Å². The summed E-state index contributed by atoms with van der Waals surface area (Å²) in [5.74, 6) is 0. The summed E-state index contributed by atoms with van der Waals surface area (Å²) in [6, 6.07) is 15.6. The molecule has 0 radical (unpaired) electrons. The van der Waals surface area contributed by atoms with Crippen LogP contribution >= 0.6 is 0 Å². The van der Waals surface area contributed by atoms with Gasteiger partial charge in [0.25, 0.3) is 0 Å². The Balaban J connectivity index is 0.00000133. The molecule has 4 heteroatoms. The van der Waals surface area contributed by atoms with Crippen LogP contribution in [0.1, 0.15) is 0 Å². The molecule has 0 atom stereocenters. The maximum absolute atomic E-state index is 4.42. The first-order valence-electron chi connectivity index (χ1n) is 5.73. The second-order valence-corrected chi connectivity index (χ2v) is 3.83. The van der Waals surface area contributed by atoms with Crippen molar-refractivity contribution in [2.45, 2.75) is 0 Å². The normalized spacial score (nSPS) is 9.68. The Bertz CT molecular complexity index is 583. The zero-order valence-electron chi connectivity index (χ0n) is 10.0. The summed E-state index contributed by atoms with van der Waals surface area (Å²) in [7, 11) is 0. The van der Waals surface area contributed by atoms with Gasteiger partial charge in [0.1, 0.15) is 0 Å². The van der Waals surface area contributed by atoms with Crippen molar-refractivity contribution in [3.05, 3.63) is 67.1 Å². The average Bonchev–Trinajstić information content (AvgIpc) is 2.49. The van der Waals surface area contributed by atoms with Gasteiger partial charge in [-0.3, -0.25) is 15.0 Å². The second-order valence-electron chi connectivity index (χ2n) is 3.83. The zero-order valence-corrected chi connectivity index (χ0v) is 11.6. The quantitative estimate of drug-likeness (QED) is 0.673. The van der Waals surface area contributed by atoms with E-state index in [1.54, 1.807) is 18.6 Å². The molecule has 3 rings (SSSR count). The molecule has 3 heterocycles. The van der Waals surface area contributed by atoms with Crippen molar-refractivity contribution in [2.75, 3.05) is 0 Å². The molecular formula is C15H11N3Pd. The first-order chi connectivity index (χ1) is 8.95. The Morgan fingerprint density at radius 1 is 0.579 bits per heavy atom. The molecule has 3 nitrogen and oxygen atoms in total. The standard InChI is InChI=1S/C15H11N3.Pd/c1-3-9-16-13(7-1)12-6-5-11-18-15(12)14-8-2-4-10-17-14;/h1-11H;. The predicted octanol–water partition coefficient (Wildman–Crippen LogP) is 3.20. The Hall–Kier alpha value is -1.89. The summed E-state index contributed by atoms with van der Waals surface area (Å²) < 4.78 is 0. The van der Waals surface area contributed by atoms with Crippen LogP contribution in [0.25, 0.3) is 22.6 Å². The third-order valence-corrected chi connectivity index (χ3v) is 2.66. The summed E-state index contributed by atoms with van der Waals surface area (Å²) in [6.07, 6.45) is 5.33. The summed E-state index contributed by atoms with van der Waals surface area (Å²) in [5.41, 5.74) is 3.62. The molecule has 3 aromatic heterocycles. The molecule has 0 spiro atoms. The molecule has 0 amide bonds. The van der Waals surface area contributed by atoms with Crippen LogP contribution in [-0.4, -0.2) is 15.0 Å². The van der Waals surface area contributed by atoms with Gasteiger partial charge in [-0.25, -0.2) is 0 Å². The van der Waals surface area contributed by atoms with Gasteiger partial charge in [-0.15, -0.1) is 0 Å². The van der Waals surface area contributed by atoms with Crippen molar-refractivity contribution in [1.82, 2.24) is 15.0 Å². The molecule has 0 aromatic carbocycles. The Morgan fingerprint density at radius 2 is 1.21 bits per heavy atom. The van der Waals surface area contributed by atoms with Crippen LogP contribution < -0.4 is 0 Å². The molecule has 0 saturated carbocycles. The molecule has 0 saturated heterocycles. The van der Waals surface area contributed by atoms with Gasteiger partial charge in [0.2, 0.25) is 0 Å². The second kappa shape index (κ2) is 6.33. The number of hydrogen-bond donors (Lipinski definition) is 0. The molecule has 0 aliphatic carbocycles. The van der Waals surface area contributed by atoms with E-state index in [4.69, 9.17) is 0 Å². The molecule has 96 valence electrons. The number of pyridine rings is 3. The summed E-state index contributed by atoms with van der Waals surface area (Å²) in [5, 5.41) is 0. The summed E-state index contributed by atoms with van der Waals surface area (Å²) >= 11 is 0. The molecule has 19 heavy (non-hydrogen) atoms. The minimum absolute atomic E-state index is 0. The van der Waals surface area contributed by atoms with E-state index in [0.717, 1.165) is 22.6 Å². The third kappa shape index (κ3) is 2.93. The number of hydrogen-bond acceptors (Lipinski definition) is 3. The van der Waals surface area contributed by atoms with Gasteiger partial charge in [0.05, 0.1) is 17.1 Å². The van der Waals surface area contributed by atoms with Crippen LogP contribution in [0.4, 0.5) is 0 Å². The van der Waals surface area contributed by atoms with Crippen LogP contribution in [0.5, 0.6) is 0 Å². The van der Waals surface area contributed by atoms with Crippen molar-refractivity contribution in [2.24, 2.45) is 0 Å². The van der Waals surface area contributed by atoms with E-state index in [1.165, 1.54) is 0 Å². The molecule has 0 aliphatic heterocycles. The van der Waals surface area contributed by atoms with Crippen LogP contribution in [0.15, 0.2) is 67.1 Å². The van der Waals surface area contributed by atoms with Crippen molar-refractivity contribution in [3.8, 4) is 22.6 Å². The van der Waals surface area contributed by atoms with Crippen LogP contribution in [0.3, 0.4) is 0 Å². The largest absolute Gasteiger partial charge is 0.256 e. The zero-order chi connectivity index (χ0) is 12.2. The minimum Gasteiger partial charge on any atom is -0.256 e. The Labute approximate surface area is 125 Å². The Morgan fingerprint density at radius 3 is 1.84 bits per heavy atom. The molecular weight excluding hydrogens is 329 g/mol. The molecule has 0 N–H and O–H groups in total. The van der Waals surface area contributed by atoms with E-state index < -0.39 is 0 Å². The van der Waals surface area contributed by atoms with E-state index >= 15 is 0 Å². The van der Waals surface area contributed by atoms with Crippen molar-refractivity contribution in [3.63, 3.8) is 0 Å². The van der Waals surface area contributed by atoms with Gasteiger partial charge in [0.15, 0.2) is 0 Å². The number of nitrogens with zero attached hydrogens (tertiary/aromatic N) is 3. The molecule has 0 fully saturated rings. The summed E-state index contributed by atoms with van der Waals surface area (Å²) in [6.45, 7) is 0. The van der Waals surface area contributed by atoms with E-state index in [-0.39, 0.29) is 20.4 Å². The maximum atomic E-state index is 4.42. The fourth-order valence-electron chi connectivity index (χ4n) is 1.84. The smallest absolute Gasteiger partial charge is 0.0980 e. The molecule has 3 aromatic rings. The Kier molecular flexibility index (Phi) is 4.51. The minimum atomic E-state index is 0. The average molecular weight is 340 g/mol. The molecule has 0 bridgehead atoms. The van der Waals surface area contributed by atoms with Crippen molar-refractivity contribution < 1.29 is 20.4 Å². The van der Waals surface area contributed by atoms with Crippen molar-refractivity contribution in [1.29, 1.82) is 0 Å². The van der Waals surface area contributed by atoms with Gasteiger partial charge in [-0.1, -0.05) is 12.1 Å². The maximum Gasteiger partial charge on any atom is 0.0980 e. The van der Waals surface area contributed by atoms with Crippen molar-refractivity contribution >= 4 is 0 Å². The van der Waals surface area contributed by atoms with Gasteiger partial charge < -0.3 is 0 Å². The van der Waals surface area contributed by atoms with E-state index in [2.05, 4.69) is 15.0 Å². The first kappa shape index (κ1) is 13.5. The predicted molar refractivity (Wildman–Crippen MR) is 70.7 cm³/mol. The van der Waals surface area contributed by atoms with Crippen LogP contribution in [0, 0.1) is 0 Å². The SMILES string of the molecule is [Pd].c1ccc(-c2cccnc2-c2ccccn2)nc1. The fourth-order valence-corrected chi connectivity index (χ4v) is 1.84. The molecule has 0 unspecified atom stereocenters. The van der Waals surface area contributed by atoms with Crippen LogP contribution in [-0.2, 0) is 20.4 Å². The van der Waals surface area contributed by atoms with Gasteiger partial charge in [0, 0.05) is 44.6 Å². The van der Waals surface area contributed by atoms with Crippen LogP contribution in [0.2, 0.25) is 0 Å². The third-order valence-electron chi connectivity index (χ3n) is 2.66. The number of aromatic nitrogens is 3. The monoisotopic (exact) mass is 339 g/mol. The summed E-state index contributed by atoms with van der Waals surface area (Å²) in [4.78, 5) is 13.1. The van der Waals surface area contributed by atoms with Gasteiger partial charge in [-0.2, -0.15) is 0 Å².